The second kappa shape index (κ2) is 8.38. The quantitative estimate of drug-likeness (QED) is 0.739. The van der Waals surface area contributed by atoms with Crippen LogP contribution in [0.4, 0.5) is 5.69 Å². The SMILES string of the molecule is OCc1ccccc1N1CCN(Cc2ccccc2)CC1c1ccccc1. The summed E-state index contributed by atoms with van der Waals surface area (Å²) < 4.78 is 0. The summed E-state index contributed by atoms with van der Waals surface area (Å²) in [5, 5.41) is 9.82. The Balaban J connectivity index is 1.62. The van der Waals surface area contributed by atoms with Crippen LogP contribution < -0.4 is 4.90 Å². The molecule has 0 aliphatic carbocycles. The molecule has 1 saturated heterocycles. The van der Waals surface area contributed by atoms with Crippen LogP contribution in [0.5, 0.6) is 0 Å². The molecule has 3 nitrogen and oxygen atoms in total. The monoisotopic (exact) mass is 358 g/mol. The maximum absolute atomic E-state index is 9.82. The molecule has 0 spiro atoms. The second-order valence-electron chi connectivity index (χ2n) is 7.13. The lowest BCUT2D eigenvalue weighted by Crippen LogP contribution is -2.48. The van der Waals surface area contributed by atoms with Crippen molar-refractivity contribution in [2.45, 2.75) is 19.2 Å². The molecule has 0 bridgehead atoms. The van der Waals surface area contributed by atoms with Crippen molar-refractivity contribution in [3.63, 3.8) is 0 Å². The average Bonchev–Trinajstić information content (AvgIpc) is 2.75. The number of para-hydroxylation sites is 1. The first-order chi connectivity index (χ1) is 13.3. The van der Waals surface area contributed by atoms with E-state index in [2.05, 4.69) is 82.6 Å². The number of hydrogen-bond acceptors (Lipinski definition) is 3. The van der Waals surface area contributed by atoms with Gasteiger partial charge in [0.05, 0.1) is 12.6 Å². The molecule has 27 heavy (non-hydrogen) atoms. The summed E-state index contributed by atoms with van der Waals surface area (Å²) in [6, 6.07) is 29.9. The summed E-state index contributed by atoms with van der Waals surface area (Å²) in [6.45, 7) is 3.97. The highest BCUT2D eigenvalue weighted by molar-refractivity contribution is 5.56. The number of aliphatic hydroxyl groups excluding tert-OH is 1. The molecule has 3 heteroatoms. The number of nitrogens with zero attached hydrogens (tertiary/aromatic N) is 2. The molecule has 138 valence electrons. The molecule has 1 fully saturated rings. The molecule has 0 radical (unpaired) electrons. The Morgan fingerprint density at radius 2 is 1.44 bits per heavy atom. The van der Waals surface area contributed by atoms with Crippen LogP contribution in [0.1, 0.15) is 22.7 Å². The smallest absolute Gasteiger partial charge is 0.0702 e. The highest BCUT2D eigenvalue weighted by Crippen LogP contribution is 2.33. The van der Waals surface area contributed by atoms with E-state index in [0.717, 1.165) is 37.4 Å². The Hall–Kier alpha value is -2.62. The van der Waals surface area contributed by atoms with Gasteiger partial charge in [0.2, 0.25) is 0 Å². The maximum Gasteiger partial charge on any atom is 0.0702 e. The molecular weight excluding hydrogens is 332 g/mol. The molecule has 0 amide bonds. The Bertz CT molecular complexity index is 851. The van der Waals surface area contributed by atoms with Crippen molar-refractivity contribution in [2.24, 2.45) is 0 Å². The molecule has 0 aromatic heterocycles. The average molecular weight is 358 g/mol. The van der Waals surface area contributed by atoms with E-state index in [-0.39, 0.29) is 12.6 Å². The van der Waals surface area contributed by atoms with Crippen molar-refractivity contribution in [3.05, 3.63) is 102 Å². The van der Waals surface area contributed by atoms with Gasteiger partial charge in [0.1, 0.15) is 0 Å². The molecule has 1 unspecified atom stereocenters. The largest absolute Gasteiger partial charge is 0.392 e. The molecular formula is C24H26N2O. The number of aliphatic hydroxyl groups is 1. The number of hydrogen-bond donors (Lipinski definition) is 1. The summed E-state index contributed by atoms with van der Waals surface area (Å²) >= 11 is 0. The minimum atomic E-state index is 0.0713. The molecule has 0 saturated carbocycles. The maximum atomic E-state index is 9.82. The summed E-state index contributed by atoms with van der Waals surface area (Å²) in [5.41, 5.74) is 4.82. The van der Waals surface area contributed by atoms with Crippen molar-refractivity contribution in [2.75, 3.05) is 24.5 Å². The van der Waals surface area contributed by atoms with Gasteiger partial charge in [0.25, 0.3) is 0 Å². The number of piperazine rings is 1. The zero-order valence-electron chi connectivity index (χ0n) is 15.5. The Kier molecular flexibility index (Phi) is 5.52. The zero-order valence-corrected chi connectivity index (χ0v) is 15.5. The number of anilines is 1. The minimum absolute atomic E-state index is 0.0713. The van der Waals surface area contributed by atoms with Crippen LogP contribution in [0.15, 0.2) is 84.9 Å². The fraction of sp³-hybridized carbons (Fsp3) is 0.250. The van der Waals surface area contributed by atoms with Gasteiger partial charge >= 0.3 is 0 Å². The van der Waals surface area contributed by atoms with E-state index >= 15 is 0 Å². The Morgan fingerprint density at radius 1 is 0.778 bits per heavy atom. The third kappa shape index (κ3) is 4.05. The van der Waals surface area contributed by atoms with E-state index in [4.69, 9.17) is 0 Å². The Morgan fingerprint density at radius 3 is 2.19 bits per heavy atom. The van der Waals surface area contributed by atoms with E-state index in [9.17, 15) is 5.11 Å². The predicted octanol–water partition coefficient (Wildman–Crippen LogP) is 4.24. The molecule has 1 aliphatic heterocycles. The van der Waals surface area contributed by atoms with Crippen molar-refractivity contribution in [1.82, 2.24) is 4.90 Å². The molecule has 4 rings (SSSR count). The van der Waals surface area contributed by atoms with Gasteiger partial charge in [-0.05, 0) is 17.2 Å². The van der Waals surface area contributed by atoms with E-state index in [0.29, 0.717) is 0 Å². The van der Waals surface area contributed by atoms with Gasteiger partial charge in [0.15, 0.2) is 0 Å². The zero-order chi connectivity index (χ0) is 18.5. The molecule has 1 aliphatic rings. The number of benzene rings is 3. The molecule has 1 N–H and O–H groups in total. The predicted molar refractivity (Wildman–Crippen MR) is 111 cm³/mol. The third-order valence-corrected chi connectivity index (χ3v) is 5.37. The van der Waals surface area contributed by atoms with Gasteiger partial charge in [-0.1, -0.05) is 78.9 Å². The highest BCUT2D eigenvalue weighted by atomic mass is 16.3. The van der Waals surface area contributed by atoms with Crippen LogP contribution in [0.3, 0.4) is 0 Å². The van der Waals surface area contributed by atoms with Gasteiger partial charge in [-0.3, -0.25) is 4.90 Å². The van der Waals surface area contributed by atoms with Crippen molar-refractivity contribution < 1.29 is 5.11 Å². The van der Waals surface area contributed by atoms with Crippen molar-refractivity contribution in [3.8, 4) is 0 Å². The first-order valence-electron chi connectivity index (χ1n) is 9.62. The lowest BCUT2D eigenvalue weighted by Gasteiger charge is -2.44. The van der Waals surface area contributed by atoms with Crippen LogP contribution in [0.25, 0.3) is 0 Å². The summed E-state index contributed by atoms with van der Waals surface area (Å²) in [7, 11) is 0. The van der Waals surface area contributed by atoms with Gasteiger partial charge in [-0.15, -0.1) is 0 Å². The standard InChI is InChI=1S/C24H26N2O/c27-19-22-13-7-8-14-23(22)26-16-15-25(17-20-9-3-1-4-10-20)18-24(26)21-11-5-2-6-12-21/h1-14,24,27H,15-19H2. The van der Waals surface area contributed by atoms with E-state index < -0.39 is 0 Å². The van der Waals surface area contributed by atoms with Crippen LogP contribution in [-0.4, -0.2) is 29.6 Å². The lowest BCUT2D eigenvalue weighted by molar-refractivity contribution is 0.214. The first-order valence-corrected chi connectivity index (χ1v) is 9.62. The molecule has 1 atom stereocenters. The van der Waals surface area contributed by atoms with Crippen LogP contribution in [0.2, 0.25) is 0 Å². The van der Waals surface area contributed by atoms with Crippen molar-refractivity contribution in [1.29, 1.82) is 0 Å². The highest BCUT2D eigenvalue weighted by Gasteiger charge is 2.29. The van der Waals surface area contributed by atoms with Gasteiger partial charge in [-0.2, -0.15) is 0 Å². The lowest BCUT2D eigenvalue weighted by atomic mass is 9.99. The first kappa shape index (κ1) is 17.8. The van der Waals surface area contributed by atoms with Crippen LogP contribution >= 0.6 is 0 Å². The fourth-order valence-electron chi connectivity index (χ4n) is 4.00. The van der Waals surface area contributed by atoms with Gasteiger partial charge < -0.3 is 10.0 Å². The van der Waals surface area contributed by atoms with Crippen LogP contribution in [-0.2, 0) is 13.2 Å². The molecule has 1 heterocycles. The molecule has 3 aromatic rings. The van der Waals surface area contributed by atoms with E-state index in [1.165, 1.54) is 11.1 Å². The number of rotatable bonds is 5. The third-order valence-electron chi connectivity index (χ3n) is 5.37. The topological polar surface area (TPSA) is 26.7 Å². The van der Waals surface area contributed by atoms with Gasteiger partial charge in [0, 0.05) is 37.4 Å². The second-order valence-corrected chi connectivity index (χ2v) is 7.13. The normalized spacial score (nSPS) is 17.8. The van der Waals surface area contributed by atoms with E-state index in [1.807, 2.05) is 12.1 Å². The minimum Gasteiger partial charge on any atom is -0.392 e. The fourth-order valence-corrected chi connectivity index (χ4v) is 4.00. The van der Waals surface area contributed by atoms with Crippen LogP contribution in [0, 0.1) is 0 Å². The van der Waals surface area contributed by atoms with Crippen molar-refractivity contribution >= 4 is 5.69 Å². The Labute approximate surface area is 161 Å². The summed E-state index contributed by atoms with van der Waals surface area (Å²) in [5.74, 6) is 0. The molecule has 3 aromatic carbocycles. The summed E-state index contributed by atoms with van der Waals surface area (Å²) in [6.07, 6.45) is 0. The van der Waals surface area contributed by atoms with E-state index in [1.54, 1.807) is 0 Å². The summed E-state index contributed by atoms with van der Waals surface area (Å²) in [4.78, 5) is 4.99. The van der Waals surface area contributed by atoms with Gasteiger partial charge in [-0.25, -0.2) is 0 Å².